The first-order valence-electron chi connectivity index (χ1n) is 7.96. The van der Waals surface area contributed by atoms with Crippen LogP contribution in [-0.2, 0) is 4.74 Å². The van der Waals surface area contributed by atoms with Crippen LogP contribution in [-0.4, -0.2) is 27.1 Å². The van der Waals surface area contributed by atoms with Gasteiger partial charge in [-0.05, 0) is 45.4 Å². The molecule has 1 aromatic heterocycles. The number of aromatic nitrogens is 2. The summed E-state index contributed by atoms with van der Waals surface area (Å²) in [5.74, 6) is 0.312. The molecule has 20 heavy (non-hydrogen) atoms. The number of hydrogen-bond acceptors (Lipinski definition) is 3. The zero-order valence-electron chi connectivity index (χ0n) is 12.6. The monoisotopic (exact) mass is 278 g/mol. The van der Waals surface area contributed by atoms with Crippen LogP contribution in [0.3, 0.4) is 0 Å². The molecule has 1 aliphatic heterocycles. The number of aliphatic hydroxyl groups is 1. The second kappa shape index (κ2) is 5.49. The summed E-state index contributed by atoms with van der Waals surface area (Å²) in [6.45, 7) is 5.00. The fourth-order valence-corrected chi connectivity index (χ4v) is 3.76. The van der Waals surface area contributed by atoms with Crippen LogP contribution in [0.1, 0.15) is 70.1 Å². The summed E-state index contributed by atoms with van der Waals surface area (Å²) in [7, 11) is 0. The zero-order valence-corrected chi connectivity index (χ0v) is 12.6. The lowest BCUT2D eigenvalue weighted by molar-refractivity contribution is -0.113. The van der Waals surface area contributed by atoms with E-state index in [9.17, 15) is 5.11 Å². The van der Waals surface area contributed by atoms with Crippen molar-refractivity contribution in [3.8, 4) is 0 Å². The molecule has 1 spiro atoms. The van der Waals surface area contributed by atoms with Crippen LogP contribution in [0.15, 0.2) is 12.4 Å². The third kappa shape index (κ3) is 2.63. The third-order valence-electron chi connectivity index (χ3n) is 4.98. The second-order valence-electron chi connectivity index (χ2n) is 6.78. The Bertz CT molecular complexity index is 449. The standard InChI is InChI=1S/C16H26N2O2/c1-12(2)18-11-14(10-17-18)15(19)13-5-8-20-16(9-13)6-3-4-7-16/h10-13,15,19H,3-9H2,1-2H3. The Morgan fingerprint density at radius 3 is 2.80 bits per heavy atom. The molecule has 3 rings (SSSR count). The van der Waals surface area contributed by atoms with Gasteiger partial charge in [-0.3, -0.25) is 4.68 Å². The summed E-state index contributed by atoms with van der Waals surface area (Å²) in [4.78, 5) is 0. The van der Waals surface area contributed by atoms with Crippen molar-refractivity contribution in [3.63, 3.8) is 0 Å². The SMILES string of the molecule is CC(C)n1cc(C(O)C2CCOC3(CCCC3)C2)cn1. The highest BCUT2D eigenvalue weighted by atomic mass is 16.5. The summed E-state index contributed by atoms with van der Waals surface area (Å²) >= 11 is 0. The topological polar surface area (TPSA) is 47.3 Å². The lowest BCUT2D eigenvalue weighted by Gasteiger charge is -2.39. The molecule has 4 nitrogen and oxygen atoms in total. The lowest BCUT2D eigenvalue weighted by Crippen LogP contribution is -2.39. The van der Waals surface area contributed by atoms with Gasteiger partial charge in [-0.1, -0.05) is 12.8 Å². The van der Waals surface area contributed by atoms with E-state index >= 15 is 0 Å². The third-order valence-corrected chi connectivity index (χ3v) is 4.98. The van der Waals surface area contributed by atoms with Crippen molar-refractivity contribution < 1.29 is 9.84 Å². The number of nitrogens with zero attached hydrogens (tertiary/aromatic N) is 2. The van der Waals surface area contributed by atoms with Crippen molar-refractivity contribution in [1.29, 1.82) is 0 Å². The van der Waals surface area contributed by atoms with Gasteiger partial charge in [-0.2, -0.15) is 5.10 Å². The Labute approximate surface area is 121 Å². The molecule has 1 aliphatic carbocycles. The predicted octanol–water partition coefficient (Wildman–Crippen LogP) is 3.24. The van der Waals surface area contributed by atoms with E-state index in [1.165, 1.54) is 25.7 Å². The van der Waals surface area contributed by atoms with E-state index in [0.717, 1.165) is 25.0 Å². The lowest BCUT2D eigenvalue weighted by atomic mass is 9.80. The predicted molar refractivity (Wildman–Crippen MR) is 77.4 cm³/mol. The molecule has 2 heterocycles. The summed E-state index contributed by atoms with van der Waals surface area (Å²) < 4.78 is 7.97. The summed E-state index contributed by atoms with van der Waals surface area (Å²) in [6.07, 6.45) is 10.2. The van der Waals surface area contributed by atoms with Crippen molar-refractivity contribution in [2.75, 3.05) is 6.61 Å². The highest BCUT2D eigenvalue weighted by molar-refractivity contribution is 5.11. The van der Waals surface area contributed by atoms with Gasteiger partial charge in [0.25, 0.3) is 0 Å². The van der Waals surface area contributed by atoms with E-state index in [4.69, 9.17) is 4.74 Å². The quantitative estimate of drug-likeness (QED) is 0.923. The fourth-order valence-electron chi connectivity index (χ4n) is 3.76. The van der Waals surface area contributed by atoms with Gasteiger partial charge in [-0.25, -0.2) is 0 Å². The van der Waals surface area contributed by atoms with Gasteiger partial charge in [0, 0.05) is 24.4 Å². The molecule has 1 N–H and O–H groups in total. The van der Waals surface area contributed by atoms with Crippen LogP contribution in [0.2, 0.25) is 0 Å². The maximum atomic E-state index is 10.7. The molecule has 1 saturated heterocycles. The van der Waals surface area contributed by atoms with E-state index in [-0.39, 0.29) is 5.60 Å². The Balaban J connectivity index is 1.70. The molecule has 2 fully saturated rings. The van der Waals surface area contributed by atoms with Gasteiger partial charge in [0.05, 0.1) is 17.9 Å². The van der Waals surface area contributed by atoms with Crippen molar-refractivity contribution in [2.24, 2.45) is 5.92 Å². The van der Waals surface area contributed by atoms with E-state index < -0.39 is 6.10 Å². The van der Waals surface area contributed by atoms with Gasteiger partial charge < -0.3 is 9.84 Å². The largest absolute Gasteiger partial charge is 0.388 e. The molecule has 4 heteroatoms. The van der Waals surface area contributed by atoms with E-state index in [0.29, 0.717) is 12.0 Å². The number of rotatable bonds is 3. The van der Waals surface area contributed by atoms with Crippen LogP contribution in [0, 0.1) is 5.92 Å². The van der Waals surface area contributed by atoms with Crippen LogP contribution < -0.4 is 0 Å². The molecule has 2 aliphatic rings. The highest BCUT2D eigenvalue weighted by Crippen LogP contribution is 2.45. The molecule has 0 bridgehead atoms. The van der Waals surface area contributed by atoms with Crippen molar-refractivity contribution >= 4 is 0 Å². The second-order valence-corrected chi connectivity index (χ2v) is 6.78. The molecule has 1 aromatic rings. The number of ether oxygens (including phenoxy) is 1. The first kappa shape index (κ1) is 14.1. The zero-order chi connectivity index (χ0) is 14.2. The molecule has 1 saturated carbocycles. The fraction of sp³-hybridized carbons (Fsp3) is 0.812. The summed E-state index contributed by atoms with van der Waals surface area (Å²) in [5.41, 5.74) is 1.02. The van der Waals surface area contributed by atoms with Crippen molar-refractivity contribution in [2.45, 2.75) is 70.1 Å². The average Bonchev–Trinajstić information content (AvgIpc) is 3.08. The molecule has 0 amide bonds. The van der Waals surface area contributed by atoms with Crippen molar-refractivity contribution in [3.05, 3.63) is 18.0 Å². The maximum Gasteiger partial charge on any atom is 0.0850 e. The Morgan fingerprint density at radius 1 is 1.40 bits per heavy atom. The van der Waals surface area contributed by atoms with Crippen LogP contribution in [0.4, 0.5) is 0 Å². The first-order valence-corrected chi connectivity index (χ1v) is 7.96. The Kier molecular flexibility index (Phi) is 3.87. The first-order chi connectivity index (χ1) is 9.60. The van der Waals surface area contributed by atoms with Crippen LogP contribution in [0.5, 0.6) is 0 Å². The van der Waals surface area contributed by atoms with Gasteiger partial charge >= 0.3 is 0 Å². The molecule has 0 radical (unpaired) electrons. The molecule has 112 valence electrons. The molecule has 2 atom stereocenters. The highest BCUT2D eigenvalue weighted by Gasteiger charge is 2.42. The van der Waals surface area contributed by atoms with Crippen LogP contribution in [0.25, 0.3) is 0 Å². The van der Waals surface area contributed by atoms with Crippen molar-refractivity contribution in [1.82, 2.24) is 9.78 Å². The van der Waals surface area contributed by atoms with Gasteiger partial charge in [-0.15, -0.1) is 0 Å². The minimum absolute atomic E-state index is 0.0674. The molecular weight excluding hydrogens is 252 g/mol. The Hall–Kier alpha value is -0.870. The van der Waals surface area contributed by atoms with Gasteiger partial charge in [0.15, 0.2) is 0 Å². The van der Waals surface area contributed by atoms with E-state index in [1.807, 2.05) is 17.1 Å². The number of hydrogen-bond donors (Lipinski definition) is 1. The minimum atomic E-state index is -0.399. The molecular formula is C16H26N2O2. The maximum absolute atomic E-state index is 10.7. The average molecular weight is 278 g/mol. The van der Waals surface area contributed by atoms with E-state index in [1.54, 1.807) is 0 Å². The Morgan fingerprint density at radius 2 is 2.15 bits per heavy atom. The van der Waals surface area contributed by atoms with Gasteiger partial charge in [0.2, 0.25) is 0 Å². The van der Waals surface area contributed by atoms with Crippen LogP contribution >= 0.6 is 0 Å². The van der Waals surface area contributed by atoms with E-state index in [2.05, 4.69) is 18.9 Å². The summed E-state index contributed by atoms with van der Waals surface area (Å²) in [5, 5.41) is 15.0. The molecule has 2 unspecified atom stereocenters. The smallest absolute Gasteiger partial charge is 0.0850 e. The summed E-state index contributed by atoms with van der Waals surface area (Å²) in [6, 6.07) is 0.340. The normalized spacial score (nSPS) is 27.3. The minimum Gasteiger partial charge on any atom is -0.388 e. The van der Waals surface area contributed by atoms with Gasteiger partial charge in [0.1, 0.15) is 0 Å². The molecule has 0 aromatic carbocycles. The number of aliphatic hydroxyl groups excluding tert-OH is 1.